The van der Waals surface area contributed by atoms with Crippen LogP contribution in [0.1, 0.15) is 25.3 Å². The maximum Gasteiger partial charge on any atom is 0.344 e. The third kappa shape index (κ3) is 5.43. The summed E-state index contributed by atoms with van der Waals surface area (Å²) in [4.78, 5) is 25.4. The van der Waals surface area contributed by atoms with Gasteiger partial charge in [0.15, 0.2) is 13.2 Å². The van der Waals surface area contributed by atoms with Gasteiger partial charge in [-0.15, -0.1) is 0 Å². The minimum Gasteiger partial charge on any atom is -0.482 e. The molecule has 126 valence electrons. The summed E-state index contributed by atoms with van der Waals surface area (Å²) in [7, 11) is 0. The van der Waals surface area contributed by atoms with E-state index in [9.17, 15) is 9.59 Å². The highest BCUT2D eigenvalue weighted by Gasteiger charge is 2.21. The Labute approximate surface area is 141 Å². The predicted octanol–water partition coefficient (Wildman–Crippen LogP) is 2.83. The Morgan fingerprint density at radius 2 is 1.96 bits per heavy atom. The first-order valence-corrected chi connectivity index (χ1v) is 8.16. The molecule has 1 aliphatic rings. The molecule has 0 aliphatic carbocycles. The predicted molar refractivity (Wildman–Crippen MR) is 87.6 cm³/mol. The number of nitrogens with zero attached hydrogens (tertiary/aromatic N) is 1. The molecular weight excluding hydrogens is 318 g/mol. The van der Waals surface area contributed by atoms with E-state index < -0.39 is 5.97 Å². The van der Waals surface area contributed by atoms with Crippen molar-refractivity contribution in [1.29, 1.82) is 0 Å². The van der Waals surface area contributed by atoms with Crippen molar-refractivity contribution in [2.75, 3.05) is 26.3 Å². The molecule has 0 aromatic heterocycles. The molecule has 0 saturated carbocycles. The van der Waals surface area contributed by atoms with Crippen LogP contribution in [0.15, 0.2) is 18.2 Å². The number of aryl methyl sites for hydroxylation is 1. The van der Waals surface area contributed by atoms with Crippen molar-refractivity contribution in [2.24, 2.45) is 5.92 Å². The van der Waals surface area contributed by atoms with Gasteiger partial charge in [-0.1, -0.05) is 18.5 Å². The van der Waals surface area contributed by atoms with Gasteiger partial charge in [0.2, 0.25) is 0 Å². The molecule has 0 bridgehead atoms. The number of benzene rings is 1. The van der Waals surface area contributed by atoms with E-state index in [1.807, 2.05) is 6.92 Å². The summed E-state index contributed by atoms with van der Waals surface area (Å²) >= 11 is 5.92. The van der Waals surface area contributed by atoms with Gasteiger partial charge in [0, 0.05) is 18.1 Å². The van der Waals surface area contributed by atoms with Crippen molar-refractivity contribution in [3.8, 4) is 5.75 Å². The fraction of sp³-hybridized carbons (Fsp3) is 0.529. The highest BCUT2D eigenvalue weighted by molar-refractivity contribution is 6.31. The molecule has 6 heteroatoms. The van der Waals surface area contributed by atoms with Crippen molar-refractivity contribution < 1.29 is 19.1 Å². The summed E-state index contributed by atoms with van der Waals surface area (Å²) in [5, 5.41) is 0.640. The standard InChI is InChI=1S/C17H22ClNO4/c1-12-5-7-19(8-6-12)16(20)10-23-17(21)11-22-14-3-4-15(18)13(2)9-14/h3-4,9,12H,5-8,10-11H2,1-2H3. The molecule has 1 aliphatic heterocycles. The summed E-state index contributed by atoms with van der Waals surface area (Å²) in [6.07, 6.45) is 2.00. The molecule has 0 spiro atoms. The first-order chi connectivity index (χ1) is 11.0. The average molecular weight is 340 g/mol. The van der Waals surface area contributed by atoms with Crippen LogP contribution in [0, 0.1) is 12.8 Å². The molecule has 1 amide bonds. The number of carbonyl (C=O) groups excluding carboxylic acids is 2. The molecule has 1 aromatic carbocycles. The second kappa shape index (κ2) is 8.20. The quantitative estimate of drug-likeness (QED) is 0.774. The van der Waals surface area contributed by atoms with E-state index in [1.54, 1.807) is 23.1 Å². The number of amides is 1. The van der Waals surface area contributed by atoms with Crippen LogP contribution in [-0.4, -0.2) is 43.1 Å². The van der Waals surface area contributed by atoms with E-state index in [0.717, 1.165) is 31.5 Å². The van der Waals surface area contributed by atoms with Crippen molar-refractivity contribution in [1.82, 2.24) is 4.90 Å². The van der Waals surface area contributed by atoms with Gasteiger partial charge in [0.05, 0.1) is 0 Å². The lowest BCUT2D eigenvalue weighted by molar-refractivity contribution is -0.154. The van der Waals surface area contributed by atoms with Gasteiger partial charge in [-0.2, -0.15) is 0 Å². The molecular formula is C17H22ClNO4. The second-order valence-corrected chi connectivity index (χ2v) is 6.33. The van der Waals surface area contributed by atoms with Crippen LogP contribution in [0.2, 0.25) is 5.02 Å². The molecule has 1 heterocycles. The molecule has 0 N–H and O–H groups in total. The minimum atomic E-state index is -0.559. The number of hydrogen-bond acceptors (Lipinski definition) is 4. The van der Waals surface area contributed by atoms with Crippen LogP contribution in [0.3, 0.4) is 0 Å². The first kappa shape index (κ1) is 17.6. The maximum atomic E-state index is 12.0. The number of rotatable bonds is 5. The van der Waals surface area contributed by atoms with Gasteiger partial charge in [-0.25, -0.2) is 4.79 Å². The zero-order valence-electron chi connectivity index (χ0n) is 13.5. The second-order valence-electron chi connectivity index (χ2n) is 5.92. The fourth-order valence-electron chi connectivity index (χ4n) is 2.38. The van der Waals surface area contributed by atoms with Gasteiger partial charge in [-0.3, -0.25) is 4.79 Å². The van der Waals surface area contributed by atoms with Crippen molar-refractivity contribution in [2.45, 2.75) is 26.7 Å². The van der Waals surface area contributed by atoms with Crippen LogP contribution in [0.4, 0.5) is 0 Å². The smallest absolute Gasteiger partial charge is 0.344 e. The highest BCUT2D eigenvalue weighted by atomic mass is 35.5. The number of ether oxygens (including phenoxy) is 2. The largest absolute Gasteiger partial charge is 0.482 e. The van der Waals surface area contributed by atoms with Crippen molar-refractivity contribution in [3.63, 3.8) is 0 Å². The molecule has 0 unspecified atom stereocenters. The minimum absolute atomic E-state index is 0.146. The van der Waals surface area contributed by atoms with E-state index >= 15 is 0 Å². The molecule has 1 saturated heterocycles. The first-order valence-electron chi connectivity index (χ1n) is 7.78. The number of piperidine rings is 1. The normalized spacial score (nSPS) is 15.3. The zero-order valence-corrected chi connectivity index (χ0v) is 14.3. The van der Waals surface area contributed by atoms with E-state index in [2.05, 4.69) is 6.92 Å². The summed E-state index contributed by atoms with van der Waals surface area (Å²) < 4.78 is 10.3. The topological polar surface area (TPSA) is 55.8 Å². The zero-order chi connectivity index (χ0) is 16.8. The van der Waals surface area contributed by atoms with Crippen LogP contribution in [0.25, 0.3) is 0 Å². The Bertz CT molecular complexity index is 568. The summed E-state index contributed by atoms with van der Waals surface area (Å²) in [5.74, 6) is 0.488. The number of likely N-dealkylation sites (tertiary alicyclic amines) is 1. The van der Waals surface area contributed by atoms with Crippen molar-refractivity contribution >= 4 is 23.5 Å². The Kier molecular flexibility index (Phi) is 6.28. The van der Waals surface area contributed by atoms with E-state index in [0.29, 0.717) is 16.7 Å². The Morgan fingerprint density at radius 1 is 1.26 bits per heavy atom. The van der Waals surface area contributed by atoms with Crippen LogP contribution in [0.5, 0.6) is 5.75 Å². The molecule has 1 aromatic rings. The average Bonchev–Trinajstić information content (AvgIpc) is 2.54. The molecule has 0 atom stereocenters. The molecule has 0 radical (unpaired) electrons. The molecule has 2 rings (SSSR count). The molecule has 5 nitrogen and oxygen atoms in total. The molecule has 23 heavy (non-hydrogen) atoms. The Morgan fingerprint density at radius 3 is 2.61 bits per heavy atom. The number of carbonyl (C=O) groups is 2. The van der Waals surface area contributed by atoms with Gasteiger partial charge >= 0.3 is 5.97 Å². The van der Waals surface area contributed by atoms with Crippen LogP contribution in [-0.2, 0) is 14.3 Å². The number of halogens is 1. The lowest BCUT2D eigenvalue weighted by atomic mass is 9.99. The van der Waals surface area contributed by atoms with Crippen LogP contribution >= 0.6 is 11.6 Å². The third-order valence-electron chi connectivity index (χ3n) is 3.98. The van der Waals surface area contributed by atoms with E-state index in [1.165, 1.54) is 0 Å². The third-order valence-corrected chi connectivity index (χ3v) is 4.40. The van der Waals surface area contributed by atoms with Gasteiger partial charge in [0.1, 0.15) is 5.75 Å². The summed E-state index contributed by atoms with van der Waals surface area (Å²) in [5.41, 5.74) is 0.868. The van der Waals surface area contributed by atoms with Crippen molar-refractivity contribution in [3.05, 3.63) is 28.8 Å². The summed E-state index contributed by atoms with van der Waals surface area (Å²) in [6, 6.07) is 5.14. The Hall–Kier alpha value is -1.75. The maximum absolute atomic E-state index is 12.0. The van der Waals surface area contributed by atoms with E-state index in [-0.39, 0.29) is 19.1 Å². The van der Waals surface area contributed by atoms with Gasteiger partial charge < -0.3 is 14.4 Å². The lowest BCUT2D eigenvalue weighted by Crippen LogP contribution is -2.40. The summed E-state index contributed by atoms with van der Waals surface area (Å²) in [6.45, 7) is 5.04. The fourth-order valence-corrected chi connectivity index (χ4v) is 2.50. The highest BCUT2D eigenvalue weighted by Crippen LogP contribution is 2.21. The van der Waals surface area contributed by atoms with E-state index in [4.69, 9.17) is 21.1 Å². The van der Waals surface area contributed by atoms with Gasteiger partial charge in [-0.05, 0) is 49.4 Å². The molecule has 1 fully saturated rings. The monoisotopic (exact) mass is 339 g/mol. The SMILES string of the molecule is Cc1cc(OCC(=O)OCC(=O)N2CCC(C)CC2)ccc1Cl. The lowest BCUT2D eigenvalue weighted by Gasteiger charge is -2.30. The Balaban J connectivity index is 1.70. The number of esters is 1. The van der Waals surface area contributed by atoms with Crippen LogP contribution < -0.4 is 4.74 Å². The van der Waals surface area contributed by atoms with Gasteiger partial charge in [0.25, 0.3) is 5.91 Å². The number of hydrogen-bond donors (Lipinski definition) is 0.